The summed E-state index contributed by atoms with van der Waals surface area (Å²) in [5.41, 5.74) is 3.70. The Morgan fingerprint density at radius 3 is 2.57 bits per heavy atom. The molecule has 3 rings (SSSR count). The Bertz CT molecular complexity index is 732. The molecule has 106 valence electrons. The van der Waals surface area contributed by atoms with E-state index >= 15 is 0 Å². The summed E-state index contributed by atoms with van der Waals surface area (Å²) >= 11 is 2.34. The Morgan fingerprint density at radius 1 is 1.05 bits per heavy atom. The van der Waals surface area contributed by atoms with Crippen LogP contribution in [0.4, 0.5) is 0 Å². The third-order valence-electron chi connectivity index (χ3n) is 3.76. The van der Waals surface area contributed by atoms with Gasteiger partial charge in [-0.05, 0) is 71.5 Å². The number of rotatable bonds is 4. The van der Waals surface area contributed by atoms with Crippen LogP contribution >= 0.6 is 22.6 Å². The SMILES string of the molecule is CNC(Cc1ccc(I)cc1)c1ccnc2ccccc12. The standard InChI is InChI=1S/C18H17IN2/c1-20-18(12-13-6-8-14(19)9-7-13)16-10-11-21-17-5-3-2-4-15(16)17/h2-11,18,20H,12H2,1H3. The van der Waals surface area contributed by atoms with E-state index in [-0.39, 0.29) is 6.04 Å². The summed E-state index contributed by atoms with van der Waals surface area (Å²) in [5, 5.41) is 4.67. The maximum atomic E-state index is 4.45. The number of nitrogens with zero attached hydrogens (tertiary/aromatic N) is 1. The van der Waals surface area contributed by atoms with Crippen molar-refractivity contribution in [3.05, 3.63) is 75.5 Å². The number of halogens is 1. The molecule has 1 heterocycles. The van der Waals surface area contributed by atoms with Gasteiger partial charge in [-0.25, -0.2) is 0 Å². The molecule has 0 saturated carbocycles. The van der Waals surface area contributed by atoms with Crippen molar-refractivity contribution in [2.24, 2.45) is 0 Å². The number of hydrogen-bond donors (Lipinski definition) is 1. The second-order valence-electron chi connectivity index (χ2n) is 5.09. The Balaban J connectivity index is 1.96. The van der Waals surface area contributed by atoms with E-state index in [4.69, 9.17) is 0 Å². The van der Waals surface area contributed by atoms with Crippen LogP contribution in [0.5, 0.6) is 0 Å². The summed E-state index contributed by atoms with van der Waals surface area (Å²) in [6, 6.07) is 19.5. The van der Waals surface area contributed by atoms with Crippen molar-refractivity contribution in [2.75, 3.05) is 7.05 Å². The molecular weight excluding hydrogens is 371 g/mol. The fourth-order valence-corrected chi connectivity index (χ4v) is 3.01. The van der Waals surface area contributed by atoms with E-state index in [0.29, 0.717) is 0 Å². The average molecular weight is 388 g/mol. The monoisotopic (exact) mass is 388 g/mol. The van der Waals surface area contributed by atoms with Crippen LogP contribution in [-0.4, -0.2) is 12.0 Å². The zero-order valence-corrected chi connectivity index (χ0v) is 14.0. The summed E-state index contributed by atoms with van der Waals surface area (Å²) in [5.74, 6) is 0. The van der Waals surface area contributed by atoms with Crippen LogP contribution in [0.1, 0.15) is 17.2 Å². The number of para-hydroxylation sites is 1. The molecule has 0 aliphatic carbocycles. The van der Waals surface area contributed by atoms with Crippen molar-refractivity contribution in [2.45, 2.75) is 12.5 Å². The van der Waals surface area contributed by atoms with Gasteiger partial charge in [0, 0.05) is 21.2 Å². The molecular formula is C18H17IN2. The van der Waals surface area contributed by atoms with Gasteiger partial charge in [-0.3, -0.25) is 4.98 Å². The molecule has 0 bridgehead atoms. The van der Waals surface area contributed by atoms with E-state index in [1.165, 1.54) is 20.1 Å². The highest BCUT2D eigenvalue weighted by atomic mass is 127. The Hall–Kier alpha value is -1.46. The molecule has 1 aromatic heterocycles. The van der Waals surface area contributed by atoms with E-state index in [0.717, 1.165) is 11.9 Å². The molecule has 0 fully saturated rings. The van der Waals surface area contributed by atoms with Gasteiger partial charge in [0.05, 0.1) is 5.52 Å². The molecule has 3 heteroatoms. The molecule has 0 aliphatic heterocycles. The van der Waals surface area contributed by atoms with Gasteiger partial charge in [0.15, 0.2) is 0 Å². The first kappa shape index (κ1) is 14.5. The van der Waals surface area contributed by atoms with Crippen molar-refractivity contribution >= 4 is 33.5 Å². The van der Waals surface area contributed by atoms with Gasteiger partial charge in [0.25, 0.3) is 0 Å². The summed E-state index contributed by atoms with van der Waals surface area (Å²) < 4.78 is 1.27. The summed E-state index contributed by atoms with van der Waals surface area (Å²) in [6.07, 6.45) is 2.87. The van der Waals surface area contributed by atoms with Gasteiger partial charge in [-0.15, -0.1) is 0 Å². The minimum atomic E-state index is 0.290. The molecule has 0 amide bonds. The molecule has 3 aromatic rings. The van der Waals surface area contributed by atoms with Crippen LogP contribution in [0.2, 0.25) is 0 Å². The normalized spacial score (nSPS) is 12.5. The molecule has 2 aromatic carbocycles. The van der Waals surface area contributed by atoms with Gasteiger partial charge in [-0.2, -0.15) is 0 Å². The second kappa shape index (κ2) is 6.54. The molecule has 1 atom stereocenters. The molecule has 21 heavy (non-hydrogen) atoms. The van der Waals surface area contributed by atoms with Crippen LogP contribution in [0.15, 0.2) is 60.8 Å². The number of likely N-dealkylation sites (N-methyl/N-ethyl adjacent to an activating group) is 1. The van der Waals surface area contributed by atoms with Crippen LogP contribution in [0, 0.1) is 3.57 Å². The summed E-state index contributed by atoms with van der Waals surface area (Å²) in [4.78, 5) is 4.45. The van der Waals surface area contributed by atoms with Crippen molar-refractivity contribution in [3.8, 4) is 0 Å². The molecule has 0 spiro atoms. The molecule has 1 N–H and O–H groups in total. The fourth-order valence-electron chi connectivity index (χ4n) is 2.65. The highest BCUT2D eigenvalue weighted by Gasteiger charge is 2.13. The maximum absolute atomic E-state index is 4.45. The molecule has 1 unspecified atom stereocenters. The van der Waals surface area contributed by atoms with Gasteiger partial charge in [0.2, 0.25) is 0 Å². The van der Waals surface area contributed by atoms with E-state index in [1.54, 1.807) is 0 Å². The van der Waals surface area contributed by atoms with E-state index in [1.807, 2.05) is 19.3 Å². The van der Waals surface area contributed by atoms with Gasteiger partial charge in [-0.1, -0.05) is 30.3 Å². The highest BCUT2D eigenvalue weighted by molar-refractivity contribution is 14.1. The van der Waals surface area contributed by atoms with Crippen LogP contribution < -0.4 is 5.32 Å². The number of pyridine rings is 1. The lowest BCUT2D eigenvalue weighted by molar-refractivity contribution is 0.596. The fraction of sp³-hybridized carbons (Fsp3) is 0.167. The minimum absolute atomic E-state index is 0.290. The predicted molar refractivity (Wildman–Crippen MR) is 96.4 cm³/mol. The lowest BCUT2D eigenvalue weighted by atomic mass is 9.96. The third-order valence-corrected chi connectivity index (χ3v) is 4.48. The van der Waals surface area contributed by atoms with E-state index in [2.05, 4.69) is 81.4 Å². The quantitative estimate of drug-likeness (QED) is 0.673. The topological polar surface area (TPSA) is 24.9 Å². The first-order valence-corrected chi connectivity index (χ1v) is 8.11. The predicted octanol–water partition coefficient (Wildman–Crippen LogP) is 4.34. The first-order valence-electron chi connectivity index (χ1n) is 7.03. The van der Waals surface area contributed by atoms with Crippen molar-refractivity contribution in [1.82, 2.24) is 10.3 Å². The van der Waals surface area contributed by atoms with Crippen LogP contribution in [0.3, 0.4) is 0 Å². The summed E-state index contributed by atoms with van der Waals surface area (Å²) in [6.45, 7) is 0. The Kier molecular flexibility index (Phi) is 4.51. The Morgan fingerprint density at radius 2 is 1.81 bits per heavy atom. The number of benzene rings is 2. The van der Waals surface area contributed by atoms with Crippen molar-refractivity contribution in [3.63, 3.8) is 0 Å². The van der Waals surface area contributed by atoms with Gasteiger partial charge in [0.1, 0.15) is 0 Å². The molecule has 0 saturated heterocycles. The summed E-state index contributed by atoms with van der Waals surface area (Å²) in [7, 11) is 2.02. The minimum Gasteiger partial charge on any atom is -0.313 e. The Labute approximate surface area is 138 Å². The first-order chi connectivity index (χ1) is 10.3. The average Bonchev–Trinajstić information content (AvgIpc) is 2.54. The maximum Gasteiger partial charge on any atom is 0.0705 e. The lowest BCUT2D eigenvalue weighted by Crippen LogP contribution is -2.19. The number of nitrogens with one attached hydrogen (secondary N) is 1. The van der Waals surface area contributed by atoms with Gasteiger partial charge >= 0.3 is 0 Å². The third kappa shape index (κ3) is 3.24. The molecule has 0 radical (unpaired) electrons. The van der Waals surface area contributed by atoms with Crippen molar-refractivity contribution in [1.29, 1.82) is 0 Å². The van der Waals surface area contributed by atoms with Crippen LogP contribution in [0.25, 0.3) is 10.9 Å². The smallest absolute Gasteiger partial charge is 0.0705 e. The highest BCUT2D eigenvalue weighted by Crippen LogP contribution is 2.25. The largest absolute Gasteiger partial charge is 0.313 e. The van der Waals surface area contributed by atoms with Crippen LogP contribution in [-0.2, 0) is 6.42 Å². The zero-order chi connectivity index (χ0) is 14.7. The van der Waals surface area contributed by atoms with Crippen molar-refractivity contribution < 1.29 is 0 Å². The zero-order valence-electron chi connectivity index (χ0n) is 11.9. The lowest BCUT2D eigenvalue weighted by Gasteiger charge is -2.18. The second-order valence-corrected chi connectivity index (χ2v) is 6.33. The number of aromatic nitrogens is 1. The number of fused-ring (bicyclic) bond motifs is 1. The molecule has 0 aliphatic rings. The van der Waals surface area contributed by atoms with E-state index in [9.17, 15) is 0 Å². The number of hydrogen-bond acceptors (Lipinski definition) is 2. The molecule has 2 nitrogen and oxygen atoms in total. The van der Waals surface area contributed by atoms with E-state index < -0.39 is 0 Å². The van der Waals surface area contributed by atoms with Gasteiger partial charge < -0.3 is 5.32 Å².